The van der Waals surface area contributed by atoms with E-state index < -0.39 is 0 Å². The van der Waals surface area contributed by atoms with Crippen molar-refractivity contribution >= 4 is 23.3 Å². The Balaban J connectivity index is 2.17. The highest BCUT2D eigenvalue weighted by Gasteiger charge is 2.16. The minimum atomic E-state index is -0.140. The van der Waals surface area contributed by atoms with Crippen LogP contribution in [0.4, 0.5) is 5.82 Å². The van der Waals surface area contributed by atoms with Crippen LogP contribution in [-0.4, -0.2) is 34.4 Å². The number of nitrogens with zero attached hydrogens (tertiary/aromatic N) is 3. The third-order valence-corrected chi connectivity index (χ3v) is 3.26. The lowest BCUT2D eigenvalue weighted by Gasteiger charge is -2.18. The molecule has 1 N–H and O–H groups in total. The molecule has 0 bridgehead atoms. The predicted molar refractivity (Wildman–Crippen MR) is 83.4 cm³/mol. The molecule has 1 amide bonds. The number of hydrogen-bond acceptors (Lipinski definition) is 4. The van der Waals surface area contributed by atoms with E-state index >= 15 is 0 Å². The van der Waals surface area contributed by atoms with Gasteiger partial charge in [-0.05, 0) is 30.7 Å². The van der Waals surface area contributed by atoms with Gasteiger partial charge in [-0.25, -0.2) is 4.98 Å². The molecular formula is C15H17ClN4O. The average molecular weight is 305 g/mol. The van der Waals surface area contributed by atoms with Gasteiger partial charge in [0.05, 0.1) is 10.6 Å². The van der Waals surface area contributed by atoms with Gasteiger partial charge in [0.15, 0.2) is 0 Å². The summed E-state index contributed by atoms with van der Waals surface area (Å²) < 4.78 is 0. The van der Waals surface area contributed by atoms with Gasteiger partial charge >= 0.3 is 0 Å². The second-order valence-electron chi connectivity index (χ2n) is 4.60. The SMILES string of the molecule is CCNc1cc(C(=O)N(C)Cc2ccncc2)c(Cl)cn1. The summed E-state index contributed by atoms with van der Waals surface area (Å²) in [6, 6.07) is 5.43. The molecule has 0 aliphatic carbocycles. The number of carbonyl (C=O) groups excluding carboxylic acids is 1. The Morgan fingerprint density at radius 2 is 2.10 bits per heavy atom. The van der Waals surface area contributed by atoms with Gasteiger partial charge in [0, 0.05) is 38.7 Å². The molecule has 2 aromatic rings. The second kappa shape index (κ2) is 7.04. The minimum absolute atomic E-state index is 0.140. The van der Waals surface area contributed by atoms with Crippen LogP contribution in [-0.2, 0) is 6.54 Å². The van der Waals surface area contributed by atoms with Crippen molar-refractivity contribution in [1.82, 2.24) is 14.9 Å². The first-order chi connectivity index (χ1) is 10.1. The van der Waals surface area contributed by atoms with E-state index in [2.05, 4.69) is 15.3 Å². The Labute approximate surface area is 129 Å². The van der Waals surface area contributed by atoms with Crippen LogP contribution in [0, 0.1) is 0 Å². The van der Waals surface area contributed by atoms with Gasteiger partial charge in [-0.3, -0.25) is 9.78 Å². The number of carbonyl (C=O) groups is 1. The third-order valence-electron chi connectivity index (χ3n) is 2.96. The van der Waals surface area contributed by atoms with E-state index in [0.29, 0.717) is 22.9 Å². The summed E-state index contributed by atoms with van der Waals surface area (Å²) in [6.07, 6.45) is 4.90. The maximum absolute atomic E-state index is 12.5. The summed E-state index contributed by atoms with van der Waals surface area (Å²) in [6.45, 7) is 3.19. The molecule has 0 aliphatic heterocycles. The van der Waals surface area contributed by atoms with Gasteiger partial charge in [-0.15, -0.1) is 0 Å². The fraction of sp³-hybridized carbons (Fsp3) is 0.267. The molecule has 0 unspecified atom stereocenters. The molecule has 5 nitrogen and oxygen atoms in total. The van der Waals surface area contributed by atoms with E-state index in [1.54, 1.807) is 30.4 Å². The molecule has 0 aromatic carbocycles. The topological polar surface area (TPSA) is 58.1 Å². The van der Waals surface area contributed by atoms with Gasteiger partial charge in [0.25, 0.3) is 5.91 Å². The van der Waals surface area contributed by atoms with Crippen LogP contribution >= 0.6 is 11.6 Å². The molecule has 0 atom stereocenters. The molecule has 0 radical (unpaired) electrons. The third kappa shape index (κ3) is 3.92. The van der Waals surface area contributed by atoms with Crippen LogP contribution < -0.4 is 5.32 Å². The molecule has 0 saturated carbocycles. The maximum atomic E-state index is 12.5. The van der Waals surface area contributed by atoms with Gasteiger partial charge in [-0.2, -0.15) is 0 Å². The zero-order valence-corrected chi connectivity index (χ0v) is 12.8. The number of aromatic nitrogens is 2. The molecule has 2 aromatic heterocycles. The average Bonchev–Trinajstić information content (AvgIpc) is 2.50. The highest BCUT2D eigenvalue weighted by atomic mass is 35.5. The van der Waals surface area contributed by atoms with E-state index in [1.807, 2.05) is 19.1 Å². The minimum Gasteiger partial charge on any atom is -0.370 e. The number of amides is 1. The molecule has 0 spiro atoms. The van der Waals surface area contributed by atoms with Crippen LogP contribution in [0.2, 0.25) is 5.02 Å². The smallest absolute Gasteiger partial charge is 0.255 e. The van der Waals surface area contributed by atoms with Gasteiger partial charge in [0.2, 0.25) is 0 Å². The number of pyridine rings is 2. The Morgan fingerprint density at radius 3 is 2.76 bits per heavy atom. The quantitative estimate of drug-likeness (QED) is 0.923. The van der Waals surface area contributed by atoms with E-state index in [-0.39, 0.29) is 5.91 Å². The van der Waals surface area contributed by atoms with Crippen LogP contribution in [0.25, 0.3) is 0 Å². The molecule has 0 aliphatic rings. The van der Waals surface area contributed by atoms with Crippen LogP contribution in [0.1, 0.15) is 22.8 Å². The summed E-state index contributed by atoms with van der Waals surface area (Å²) in [5, 5.41) is 3.42. The van der Waals surface area contributed by atoms with Crippen molar-refractivity contribution in [2.45, 2.75) is 13.5 Å². The van der Waals surface area contributed by atoms with Gasteiger partial charge in [0.1, 0.15) is 5.82 Å². The van der Waals surface area contributed by atoms with Gasteiger partial charge in [-0.1, -0.05) is 11.6 Å². The fourth-order valence-corrected chi connectivity index (χ4v) is 2.10. The van der Waals surface area contributed by atoms with Crippen LogP contribution in [0.3, 0.4) is 0 Å². The predicted octanol–water partition coefficient (Wildman–Crippen LogP) is 2.83. The van der Waals surface area contributed by atoms with Crippen molar-refractivity contribution in [2.75, 3.05) is 18.9 Å². The molecule has 110 valence electrons. The van der Waals surface area contributed by atoms with Crippen molar-refractivity contribution in [3.8, 4) is 0 Å². The van der Waals surface area contributed by atoms with E-state index in [4.69, 9.17) is 11.6 Å². The van der Waals surface area contributed by atoms with Crippen LogP contribution in [0.5, 0.6) is 0 Å². The molecule has 21 heavy (non-hydrogen) atoms. The number of nitrogens with one attached hydrogen (secondary N) is 1. The van der Waals surface area contributed by atoms with Gasteiger partial charge < -0.3 is 10.2 Å². The first-order valence-corrected chi connectivity index (χ1v) is 7.03. The van der Waals surface area contributed by atoms with E-state index in [0.717, 1.165) is 12.1 Å². The van der Waals surface area contributed by atoms with Crippen molar-refractivity contribution in [3.63, 3.8) is 0 Å². The zero-order chi connectivity index (χ0) is 15.2. The lowest BCUT2D eigenvalue weighted by Crippen LogP contribution is -2.26. The summed E-state index contributed by atoms with van der Waals surface area (Å²) in [5.41, 5.74) is 1.46. The van der Waals surface area contributed by atoms with Crippen molar-refractivity contribution < 1.29 is 4.79 Å². The largest absolute Gasteiger partial charge is 0.370 e. The molecule has 2 heterocycles. The molecule has 6 heteroatoms. The van der Waals surface area contributed by atoms with Crippen LogP contribution in [0.15, 0.2) is 36.8 Å². The highest BCUT2D eigenvalue weighted by molar-refractivity contribution is 6.33. The first-order valence-electron chi connectivity index (χ1n) is 6.65. The number of halogens is 1. The van der Waals surface area contributed by atoms with Crippen molar-refractivity contribution in [2.24, 2.45) is 0 Å². The first kappa shape index (κ1) is 15.3. The normalized spacial score (nSPS) is 10.2. The Bertz CT molecular complexity index is 618. The van der Waals surface area contributed by atoms with Crippen molar-refractivity contribution in [1.29, 1.82) is 0 Å². The molecule has 2 rings (SSSR count). The Kier molecular flexibility index (Phi) is 5.11. The second-order valence-corrected chi connectivity index (χ2v) is 5.00. The highest BCUT2D eigenvalue weighted by Crippen LogP contribution is 2.20. The zero-order valence-electron chi connectivity index (χ0n) is 12.0. The number of rotatable bonds is 5. The summed E-state index contributed by atoms with van der Waals surface area (Å²) in [5.74, 6) is 0.501. The number of hydrogen-bond donors (Lipinski definition) is 1. The summed E-state index contributed by atoms with van der Waals surface area (Å²) in [4.78, 5) is 22.2. The maximum Gasteiger partial charge on any atom is 0.255 e. The monoisotopic (exact) mass is 304 g/mol. The standard InChI is InChI=1S/C15H17ClN4O/c1-3-18-14-8-12(13(16)9-19-14)15(21)20(2)10-11-4-6-17-7-5-11/h4-9H,3,10H2,1-2H3,(H,18,19). The molecule has 0 saturated heterocycles. The van der Waals surface area contributed by atoms with Crippen molar-refractivity contribution in [3.05, 3.63) is 52.9 Å². The summed E-state index contributed by atoms with van der Waals surface area (Å²) in [7, 11) is 1.74. The lowest BCUT2D eigenvalue weighted by atomic mass is 10.2. The fourth-order valence-electron chi connectivity index (χ4n) is 1.92. The Hall–Kier alpha value is -2.14. The molecular weight excluding hydrogens is 288 g/mol. The Morgan fingerprint density at radius 1 is 1.38 bits per heavy atom. The lowest BCUT2D eigenvalue weighted by molar-refractivity contribution is 0.0785. The van der Waals surface area contributed by atoms with E-state index in [1.165, 1.54) is 6.20 Å². The molecule has 0 fully saturated rings. The number of anilines is 1. The summed E-state index contributed by atoms with van der Waals surface area (Å²) >= 11 is 6.09. The van der Waals surface area contributed by atoms with E-state index in [9.17, 15) is 4.79 Å².